The summed E-state index contributed by atoms with van der Waals surface area (Å²) in [6, 6.07) is 0. The summed E-state index contributed by atoms with van der Waals surface area (Å²) in [5.41, 5.74) is 5.08. The largest absolute Gasteiger partial charge is 0.424 e. The van der Waals surface area contributed by atoms with Gasteiger partial charge in [0.05, 0.1) is 0 Å². The van der Waals surface area contributed by atoms with Crippen molar-refractivity contribution < 1.29 is 34.1 Å². The Balaban J connectivity index is 0.000000353. The first-order valence-electron chi connectivity index (χ1n) is 10.5. The summed E-state index contributed by atoms with van der Waals surface area (Å²) in [7, 11) is 0. The maximum absolute atomic E-state index is 3.67. The molecule has 0 atom stereocenters. The molecule has 4 heteroatoms. The molecule has 32 heavy (non-hydrogen) atoms. The third-order valence-corrected chi connectivity index (χ3v) is 4.97. The fourth-order valence-electron chi connectivity index (χ4n) is 3.21. The molecule has 166 valence electrons. The van der Waals surface area contributed by atoms with Crippen molar-refractivity contribution in [2.45, 2.75) is 26.1 Å². The molecule has 0 amide bonds. The van der Waals surface area contributed by atoms with E-state index in [4.69, 9.17) is 0 Å². The van der Waals surface area contributed by atoms with E-state index in [2.05, 4.69) is 87.3 Å². The number of hydrogen-bond acceptors (Lipinski definition) is 1. The Kier molecular flexibility index (Phi) is 12.8. The second-order valence-electron chi connectivity index (χ2n) is 8.44. The van der Waals surface area contributed by atoms with Crippen LogP contribution in [0.25, 0.3) is 0 Å². The van der Waals surface area contributed by atoms with Crippen LogP contribution < -0.4 is 5.23 Å². The van der Waals surface area contributed by atoms with Crippen LogP contribution in [-0.4, -0.2) is 6.85 Å². The van der Waals surface area contributed by atoms with Gasteiger partial charge in [-0.2, -0.15) is 0 Å². The molecule has 0 aromatic rings. The van der Waals surface area contributed by atoms with Gasteiger partial charge in [-0.3, -0.25) is 0 Å². The molecule has 0 spiro atoms. The molecule has 1 N–H and O–H groups in total. The van der Waals surface area contributed by atoms with Crippen LogP contribution in [0.5, 0.6) is 0 Å². The molecule has 5 aliphatic rings. The zero-order chi connectivity index (χ0) is 21.2. The van der Waals surface area contributed by atoms with Crippen LogP contribution in [0, 0.1) is 25.7 Å². The maximum Gasteiger partial charge on any atom is 0.284 e. The van der Waals surface area contributed by atoms with Gasteiger partial charge in [-0.05, 0) is 28.1 Å². The zero-order valence-corrected chi connectivity index (χ0v) is 21.0. The summed E-state index contributed by atoms with van der Waals surface area (Å²) in [5.74, 6) is 2.35. The Labute approximate surface area is 216 Å². The summed E-state index contributed by atoms with van der Waals surface area (Å²) in [5, 5.41) is 3.86. The van der Waals surface area contributed by atoms with Crippen molar-refractivity contribution in [3.63, 3.8) is 0 Å². The molecule has 0 aromatic carbocycles. The van der Waals surface area contributed by atoms with E-state index in [0.29, 0.717) is 6.85 Å². The van der Waals surface area contributed by atoms with Crippen molar-refractivity contribution in [1.82, 2.24) is 5.23 Å². The minimum atomic E-state index is 0. The molecule has 1 heterocycles. The first-order chi connectivity index (χ1) is 14.5. The van der Waals surface area contributed by atoms with Crippen molar-refractivity contribution >= 4 is 6.85 Å². The van der Waals surface area contributed by atoms with E-state index >= 15 is 0 Å². The summed E-state index contributed by atoms with van der Waals surface area (Å²) >= 11 is 0. The summed E-state index contributed by atoms with van der Waals surface area (Å²) in [6.45, 7) is 7.16. The molecule has 1 aliphatic heterocycles. The van der Waals surface area contributed by atoms with E-state index in [1.165, 1.54) is 22.4 Å². The summed E-state index contributed by atoms with van der Waals surface area (Å²) < 4.78 is 0. The molecular formula is C28H30BFe2N. The van der Waals surface area contributed by atoms with E-state index in [9.17, 15) is 0 Å². The Morgan fingerprint density at radius 2 is 1.09 bits per heavy atom. The van der Waals surface area contributed by atoms with Crippen LogP contribution in [-0.2, 0) is 34.1 Å². The van der Waals surface area contributed by atoms with Gasteiger partial charge in [-0.25, -0.2) is 0 Å². The van der Waals surface area contributed by atoms with Gasteiger partial charge in [0.15, 0.2) is 0 Å². The Hall–Kier alpha value is -1.70. The van der Waals surface area contributed by atoms with Gasteiger partial charge in [0.2, 0.25) is 0 Å². The van der Waals surface area contributed by atoms with Gasteiger partial charge in [0.1, 0.15) is 0 Å². The van der Waals surface area contributed by atoms with Crippen LogP contribution in [0.4, 0.5) is 0 Å². The SMILES string of the molecule is CC(C)(C)B1C=C(C2=CC=C[CH]2)C=C(C2=CC=C[CH]2)N1.[CH]1C=CC=C1.[CH]1C=CC=C1.[Fe].[Fe]. The molecule has 0 saturated carbocycles. The molecule has 0 bridgehead atoms. The molecule has 0 aromatic heterocycles. The van der Waals surface area contributed by atoms with E-state index < -0.39 is 0 Å². The predicted molar refractivity (Wildman–Crippen MR) is 133 cm³/mol. The van der Waals surface area contributed by atoms with Crippen LogP contribution in [0.2, 0.25) is 5.31 Å². The molecular weight excluding hydrogens is 473 g/mol. The van der Waals surface area contributed by atoms with Crippen molar-refractivity contribution in [2.24, 2.45) is 0 Å². The zero-order valence-electron chi connectivity index (χ0n) is 18.8. The van der Waals surface area contributed by atoms with Crippen LogP contribution in [0.1, 0.15) is 20.8 Å². The fourth-order valence-corrected chi connectivity index (χ4v) is 3.21. The Morgan fingerprint density at radius 3 is 1.47 bits per heavy atom. The molecule has 0 fully saturated rings. The van der Waals surface area contributed by atoms with Gasteiger partial charge in [-0.1, -0.05) is 112 Å². The molecule has 1 nitrogen and oxygen atoms in total. The second-order valence-corrected chi connectivity index (χ2v) is 8.44. The van der Waals surface area contributed by atoms with Crippen LogP contribution in [0.15, 0.2) is 120 Å². The van der Waals surface area contributed by atoms with E-state index in [1.807, 2.05) is 61.4 Å². The Bertz CT molecular complexity index is 874. The average molecular weight is 503 g/mol. The smallest absolute Gasteiger partial charge is 0.284 e. The number of nitrogens with one attached hydrogen (secondary N) is 1. The average Bonchev–Trinajstić information content (AvgIpc) is 3.57. The first kappa shape index (κ1) is 28.3. The molecule has 4 radical (unpaired) electrons. The van der Waals surface area contributed by atoms with E-state index in [0.717, 1.165) is 0 Å². The van der Waals surface area contributed by atoms with Gasteiger partial charge in [0, 0.05) is 65.5 Å². The third kappa shape index (κ3) is 9.04. The van der Waals surface area contributed by atoms with Gasteiger partial charge >= 0.3 is 0 Å². The Morgan fingerprint density at radius 1 is 0.594 bits per heavy atom. The molecule has 0 saturated heterocycles. The van der Waals surface area contributed by atoms with Gasteiger partial charge < -0.3 is 5.23 Å². The maximum atomic E-state index is 3.67. The second kappa shape index (κ2) is 14.5. The quantitative estimate of drug-likeness (QED) is 0.411. The molecule has 0 unspecified atom stereocenters. The number of allylic oxidation sites excluding steroid dienone is 18. The van der Waals surface area contributed by atoms with Crippen molar-refractivity contribution in [2.75, 3.05) is 0 Å². The van der Waals surface area contributed by atoms with Crippen molar-refractivity contribution in [1.29, 1.82) is 0 Å². The molecule has 5 rings (SSSR count). The number of hydrogen-bond donors (Lipinski definition) is 1. The normalized spacial score (nSPS) is 18.9. The fraction of sp³-hybridized carbons (Fsp3) is 0.143. The number of rotatable bonds is 2. The minimum Gasteiger partial charge on any atom is -0.424 e. The first-order valence-corrected chi connectivity index (χ1v) is 10.5. The van der Waals surface area contributed by atoms with E-state index in [1.54, 1.807) is 0 Å². The monoisotopic (exact) mass is 503 g/mol. The van der Waals surface area contributed by atoms with Gasteiger partial charge in [0.25, 0.3) is 6.85 Å². The minimum absolute atomic E-state index is 0. The van der Waals surface area contributed by atoms with Crippen molar-refractivity contribution in [3.05, 3.63) is 145 Å². The van der Waals surface area contributed by atoms with Gasteiger partial charge in [-0.15, -0.1) is 0 Å². The van der Waals surface area contributed by atoms with Crippen LogP contribution in [0.3, 0.4) is 0 Å². The molecule has 4 aliphatic carbocycles. The predicted octanol–water partition coefficient (Wildman–Crippen LogP) is 6.76. The summed E-state index contributed by atoms with van der Waals surface area (Å²) in [4.78, 5) is 0. The standard InChI is InChI=1S/C18H20BN.2C5H5.2Fe/c1-18(2,3)19-13-16(14-8-4-5-9-14)12-17(20-19)15-10-6-7-11-15;2*1-2-4-5-3-1;;/h4-13,20H,1-3H3;2*1-5H;;. The van der Waals surface area contributed by atoms with Crippen LogP contribution >= 0.6 is 0 Å². The topological polar surface area (TPSA) is 12.0 Å². The summed E-state index contributed by atoms with van der Waals surface area (Å²) in [6.07, 6.45) is 39.3. The van der Waals surface area contributed by atoms with Crippen molar-refractivity contribution in [3.8, 4) is 0 Å². The van der Waals surface area contributed by atoms with E-state index in [-0.39, 0.29) is 39.5 Å². The third-order valence-electron chi connectivity index (χ3n) is 4.97.